The molecule has 0 unspecified atom stereocenters. The van der Waals surface area contributed by atoms with Gasteiger partial charge in [-0.3, -0.25) is 0 Å². The summed E-state index contributed by atoms with van der Waals surface area (Å²) in [4.78, 5) is 0. The first-order valence-electron chi connectivity index (χ1n) is 4.82. The zero-order chi connectivity index (χ0) is 11.7. The van der Waals surface area contributed by atoms with E-state index in [0.717, 1.165) is 11.6 Å². The van der Waals surface area contributed by atoms with Crippen molar-refractivity contribution in [1.82, 2.24) is 0 Å². The molecule has 1 N–H and O–H groups in total. The molecule has 82 valence electrons. The number of aromatic hydroxyl groups is 1. The molecule has 2 rings (SSSR count). The SMILES string of the molecule is Cc1cc(O)cc(-c2ccc(F)cc2F)c1. The van der Waals surface area contributed by atoms with Crippen LogP contribution in [0.3, 0.4) is 0 Å². The maximum Gasteiger partial charge on any atom is 0.133 e. The first-order valence-corrected chi connectivity index (χ1v) is 4.82. The number of aryl methyl sites for hydroxylation is 1. The summed E-state index contributed by atoms with van der Waals surface area (Å²) in [7, 11) is 0. The van der Waals surface area contributed by atoms with Gasteiger partial charge in [0.2, 0.25) is 0 Å². The topological polar surface area (TPSA) is 20.2 Å². The average Bonchev–Trinajstić information content (AvgIpc) is 2.15. The minimum atomic E-state index is -0.634. The van der Waals surface area contributed by atoms with E-state index in [1.165, 1.54) is 18.2 Å². The van der Waals surface area contributed by atoms with Crippen LogP contribution in [0.1, 0.15) is 5.56 Å². The largest absolute Gasteiger partial charge is 0.508 e. The van der Waals surface area contributed by atoms with Crippen molar-refractivity contribution in [2.75, 3.05) is 0 Å². The molecule has 0 radical (unpaired) electrons. The zero-order valence-electron chi connectivity index (χ0n) is 8.67. The van der Waals surface area contributed by atoms with Crippen LogP contribution in [0.2, 0.25) is 0 Å². The summed E-state index contributed by atoms with van der Waals surface area (Å²) in [5.41, 5.74) is 1.63. The predicted molar refractivity (Wildman–Crippen MR) is 58.2 cm³/mol. The Morgan fingerprint density at radius 1 is 1.00 bits per heavy atom. The second-order valence-electron chi connectivity index (χ2n) is 3.68. The lowest BCUT2D eigenvalue weighted by Crippen LogP contribution is -1.87. The number of phenolic OH excluding ortho intramolecular Hbond substituents is 1. The minimum absolute atomic E-state index is 0.0683. The summed E-state index contributed by atoms with van der Waals surface area (Å²) in [6.45, 7) is 1.80. The van der Waals surface area contributed by atoms with Crippen molar-refractivity contribution in [3.63, 3.8) is 0 Å². The van der Waals surface area contributed by atoms with Gasteiger partial charge in [-0.15, -0.1) is 0 Å². The highest BCUT2D eigenvalue weighted by atomic mass is 19.1. The number of rotatable bonds is 1. The summed E-state index contributed by atoms with van der Waals surface area (Å²) in [5.74, 6) is -1.18. The molecule has 0 aliphatic heterocycles. The number of benzene rings is 2. The second kappa shape index (κ2) is 3.93. The maximum atomic E-state index is 13.5. The molecule has 0 aromatic heterocycles. The van der Waals surface area contributed by atoms with Gasteiger partial charge in [0.25, 0.3) is 0 Å². The Morgan fingerprint density at radius 2 is 1.75 bits per heavy atom. The molecule has 0 saturated carbocycles. The molecule has 2 aromatic carbocycles. The fourth-order valence-corrected chi connectivity index (χ4v) is 1.64. The van der Waals surface area contributed by atoms with Gasteiger partial charge in [-0.05, 0) is 42.3 Å². The molecular weight excluding hydrogens is 210 g/mol. The quantitative estimate of drug-likeness (QED) is 0.777. The van der Waals surface area contributed by atoms with E-state index in [-0.39, 0.29) is 11.3 Å². The van der Waals surface area contributed by atoms with E-state index in [1.54, 1.807) is 19.1 Å². The van der Waals surface area contributed by atoms with E-state index in [0.29, 0.717) is 5.56 Å². The van der Waals surface area contributed by atoms with Crippen LogP contribution in [0.15, 0.2) is 36.4 Å². The van der Waals surface area contributed by atoms with Gasteiger partial charge >= 0.3 is 0 Å². The van der Waals surface area contributed by atoms with Crippen molar-refractivity contribution in [2.45, 2.75) is 6.92 Å². The molecule has 0 aliphatic carbocycles. The lowest BCUT2D eigenvalue weighted by Gasteiger charge is -2.05. The van der Waals surface area contributed by atoms with Gasteiger partial charge in [0.05, 0.1) is 0 Å². The van der Waals surface area contributed by atoms with E-state index in [9.17, 15) is 13.9 Å². The second-order valence-corrected chi connectivity index (χ2v) is 3.68. The first-order chi connectivity index (χ1) is 7.56. The van der Waals surface area contributed by atoms with Gasteiger partial charge in [0.15, 0.2) is 0 Å². The van der Waals surface area contributed by atoms with Crippen LogP contribution in [0, 0.1) is 18.6 Å². The first kappa shape index (κ1) is 10.6. The molecule has 0 bridgehead atoms. The Morgan fingerprint density at radius 3 is 2.38 bits per heavy atom. The predicted octanol–water partition coefficient (Wildman–Crippen LogP) is 3.65. The highest BCUT2D eigenvalue weighted by molar-refractivity contribution is 5.66. The molecule has 0 atom stereocenters. The van der Waals surface area contributed by atoms with Crippen LogP contribution in [0.4, 0.5) is 8.78 Å². The Bertz CT molecular complexity index is 515. The monoisotopic (exact) mass is 220 g/mol. The standard InChI is InChI=1S/C13H10F2O/c1-8-4-9(6-11(16)5-8)12-3-2-10(14)7-13(12)15/h2-7,16H,1H3. The average molecular weight is 220 g/mol. The van der Waals surface area contributed by atoms with Gasteiger partial charge in [-0.1, -0.05) is 6.07 Å². The van der Waals surface area contributed by atoms with Crippen molar-refractivity contribution in [3.8, 4) is 16.9 Å². The highest BCUT2D eigenvalue weighted by Crippen LogP contribution is 2.27. The molecule has 0 fully saturated rings. The lowest BCUT2D eigenvalue weighted by atomic mass is 10.0. The third kappa shape index (κ3) is 2.03. The Hall–Kier alpha value is -1.90. The fraction of sp³-hybridized carbons (Fsp3) is 0.0769. The van der Waals surface area contributed by atoms with E-state index < -0.39 is 11.6 Å². The van der Waals surface area contributed by atoms with Gasteiger partial charge < -0.3 is 5.11 Å². The van der Waals surface area contributed by atoms with Crippen molar-refractivity contribution < 1.29 is 13.9 Å². The van der Waals surface area contributed by atoms with Gasteiger partial charge in [0.1, 0.15) is 17.4 Å². The van der Waals surface area contributed by atoms with Crippen molar-refractivity contribution in [1.29, 1.82) is 0 Å². The maximum absolute atomic E-state index is 13.5. The number of hydrogen-bond acceptors (Lipinski definition) is 1. The lowest BCUT2D eigenvalue weighted by molar-refractivity contribution is 0.475. The van der Waals surface area contributed by atoms with E-state index in [4.69, 9.17) is 0 Å². The van der Waals surface area contributed by atoms with Crippen molar-refractivity contribution >= 4 is 0 Å². The molecule has 1 nitrogen and oxygen atoms in total. The molecular formula is C13H10F2O. The van der Waals surface area contributed by atoms with Crippen LogP contribution < -0.4 is 0 Å². The fourth-order valence-electron chi connectivity index (χ4n) is 1.64. The summed E-state index contributed by atoms with van der Waals surface area (Å²) >= 11 is 0. The van der Waals surface area contributed by atoms with E-state index in [1.807, 2.05) is 0 Å². The number of halogens is 2. The third-order valence-electron chi connectivity index (χ3n) is 2.30. The van der Waals surface area contributed by atoms with E-state index in [2.05, 4.69) is 0 Å². The zero-order valence-corrected chi connectivity index (χ0v) is 8.67. The smallest absolute Gasteiger partial charge is 0.133 e. The number of phenols is 1. The summed E-state index contributed by atoms with van der Waals surface area (Å²) in [6, 6.07) is 8.13. The number of hydrogen-bond donors (Lipinski definition) is 1. The Balaban J connectivity index is 2.58. The molecule has 0 spiro atoms. The molecule has 0 heterocycles. The molecule has 0 amide bonds. The van der Waals surface area contributed by atoms with Crippen LogP contribution in [0.5, 0.6) is 5.75 Å². The van der Waals surface area contributed by atoms with E-state index >= 15 is 0 Å². The van der Waals surface area contributed by atoms with Gasteiger partial charge in [0, 0.05) is 11.6 Å². The third-order valence-corrected chi connectivity index (χ3v) is 2.30. The highest BCUT2D eigenvalue weighted by Gasteiger charge is 2.07. The van der Waals surface area contributed by atoms with Crippen molar-refractivity contribution in [2.24, 2.45) is 0 Å². The van der Waals surface area contributed by atoms with Crippen LogP contribution in [-0.4, -0.2) is 5.11 Å². The van der Waals surface area contributed by atoms with Crippen molar-refractivity contribution in [3.05, 3.63) is 53.6 Å². The van der Waals surface area contributed by atoms with Crippen LogP contribution in [0.25, 0.3) is 11.1 Å². The molecule has 3 heteroatoms. The normalized spacial score (nSPS) is 10.4. The van der Waals surface area contributed by atoms with Crippen LogP contribution >= 0.6 is 0 Å². The summed E-state index contributed by atoms with van der Waals surface area (Å²) in [6.07, 6.45) is 0. The molecule has 2 aromatic rings. The molecule has 0 aliphatic rings. The summed E-state index contributed by atoms with van der Waals surface area (Å²) in [5, 5.41) is 9.40. The molecule has 16 heavy (non-hydrogen) atoms. The van der Waals surface area contributed by atoms with Gasteiger partial charge in [-0.25, -0.2) is 8.78 Å². The Kier molecular flexibility index (Phi) is 2.60. The minimum Gasteiger partial charge on any atom is -0.508 e. The summed E-state index contributed by atoms with van der Waals surface area (Å²) < 4.78 is 26.2. The Labute approximate surface area is 92.0 Å². The van der Waals surface area contributed by atoms with Gasteiger partial charge in [-0.2, -0.15) is 0 Å². The molecule has 0 saturated heterocycles. The van der Waals surface area contributed by atoms with Crippen LogP contribution in [-0.2, 0) is 0 Å².